The van der Waals surface area contributed by atoms with Gasteiger partial charge in [-0.15, -0.1) is 0 Å². The molecule has 1 unspecified atom stereocenters. The maximum atomic E-state index is 14.3. The van der Waals surface area contributed by atoms with E-state index in [4.69, 9.17) is 19.9 Å². The minimum atomic E-state index is -0.653. The molecule has 1 atom stereocenters. The molecule has 24 heavy (non-hydrogen) atoms. The largest absolute Gasteiger partial charge is 0.493 e. The van der Waals surface area contributed by atoms with Crippen molar-refractivity contribution in [3.63, 3.8) is 0 Å². The number of ether oxygens (including phenoxy) is 3. The van der Waals surface area contributed by atoms with E-state index in [0.717, 1.165) is 0 Å². The van der Waals surface area contributed by atoms with Gasteiger partial charge in [-0.2, -0.15) is 0 Å². The van der Waals surface area contributed by atoms with Crippen LogP contribution in [-0.2, 0) is 9.53 Å². The number of nitrogens with one attached hydrogen (secondary N) is 1. The van der Waals surface area contributed by atoms with Crippen molar-refractivity contribution in [2.24, 2.45) is 11.1 Å². The Morgan fingerprint density at radius 2 is 1.92 bits per heavy atom. The Kier molecular flexibility index (Phi) is 6.01. The van der Waals surface area contributed by atoms with Crippen molar-refractivity contribution in [3.05, 3.63) is 23.5 Å². The summed E-state index contributed by atoms with van der Waals surface area (Å²) in [7, 11) is 2.92. The van der Waals surface area contributed by atoms with Gasteiger partial charge < -0.3 is 25.3 Å². The molecule has 0 aromatic heterocycles. The fourth-order valence-corrected chi connectivity index (χ4v) is 2.92. The number of rotatable bonds is 6. The summed E-state index contributed by atoms with van der Waals surface area (Å²) >= 11 is 0. The lowest BCUT2D eigenvalue weighted by atomic mass is 9.79. The van der Waals surface area contributed by atoms with E-state index in [-0.39, 0.29) is 12.5 Å². The highest BCUT2D eigenvalue weighted by Gasteiger charge is 2.39. The number of amides is 1. The van der Waals surface area contributed by atoms with Gasteiger partial charge in [-0.3, -0.25) is 4.79 Å². The van der Waals surface area contributed by atoms with Crippen LogP contribution in [0.2, 0.25) is 0 Å². The smallest absolute Gasteiger partial charge is 0.228 e. The van der Waals surface area contributed by atoms with E-state index in [9.17, 15) is 9.18 Å². The van der Waals surface area contributed by atoms with Crippen molar-refractivity contribution in [3.8, 4) is 11.5 Å². The first kappa shape index (κ1) is 18.5. The number of hydrogen-bond acceptors (Lipinski definition) is 5. The predicted molar refractivity (Wildman–Crippen MR) is 87.6 cm³/mol. The molecular formula is C17H25FN2O4. The average molecular weight is 340 g/mol. The summed E-state index contributed by atoms with van der Waals surface area (Å²) in [5.41, 5.74) is 5.52. The lowest BCUT2D eigenvalue weighted by Gasteiger charge is -2.35. The molecule has 7 heteroatoms. The van der Waals surface area contributed by atoms with Gasteiger partial charge in [0.1, 0.15) is 5.82 Å². The van der Waals surface area contributed by atoms with Gasteiger partial charge in [0.2, 0.25) is 5.91 Å². The summed E-state index contributed by atoms with van der Waals surface area (Å²) in [4.78, 5) is 12.7. The van der Waals surface area contributed by atoms with E-state index in [1.807, 2.05) is 0 Å². The first-order valence-corrected chi connectivity index (χ1v) is 7.97. The number of halogens is 1. The van der Waals surface area contributed by atoms with Gasteiger partial charge in [0, 0.05) is 31.4 Å². The Labute approximate surface area is 141 Å². The lowest BCUT2D eigenvalue weighted by Crippen LogP contribution is -2.49. The van der Waals surface area contributed by atoms with Crippen LogP contribution in [0, 0.1) is 11.2 Å². The highest BCUT2D eigenvalue weighted by atomic mass is 19.1. The van der Waals surface area contributed by atoms with Crippen molar-refractivity contribution in [1.29, 1.82) is 0 Å². The van der Waals surface area contributed by atoms with E-state index in [0.29, 0.717) is 43.1 Å². The molecule has 1 amide bonds. The second-order valence-corrected chi connectivity index (χ2v) is 6.02. The third kappa shape index (κ3) is 3.62. The molecule has 0 spiro atoms. The number of hydrogen-bond donors (Lipinski definition) is 2. The Bertz CT molecular complexity index is 588. The molecule has 3 N–H and O–H groups in total. The summed E-state index contributed by atoms with van der Waals surface area (Å²) in [5, 5.41) is 2.88. The van der Waals surface area contributed by atoms with Crippen LogP contribution in [0.15, 0.2) is 12.1 Å². The highest BCUT2D eigenvalue weighted by molar-refractivity contribution is 5.83. The summed E-state index contributed by atoms with van der Waals surface area (Å²) < 4.78 is 29.9. The van der Waals surface area contributed by atoms with Crippen LogP contribution in [0.1, 0.15) is 31.4 Å². The van der Waals surface area contributed by atoms with Crippen LogP contribution >= 0.6 is 0 Å². The van der Waals surface area contributed by atoms with Crippen LogP contribution < -0.4 is 20.5 Å². The van der Waals surface area contributed by atoms with Crippen molar-refractivity contribution >= 4 is 5.91 Å². The van der Waals surface area contributed by atoms with Crippen LogP contribution in [0.25, 0.3) is 0 Å². The normalized spacial score (nSPS) is 17.9. The van der Waals surface area contributed by atoms with Gasteiger partial charge in [0.05, 0.1) is 25.7 Å². The molecule has 1 fully saturated rings. The van der Waals surface area contributed by atoms with Crippen LogP contribution in [0.4, 0.5) is 4.39 Å². The van der Waals surface area contributed by atoms with Crippen LogP contribution in [0.3, 0.4) is 0 Å². The van der Waals surface area contributed by atoms with Gasteiger partial charge in [-0.1, -0.05) is 0 Å². The van der Waals surface area contributed by atoms with E-state index >= 15 is 0 Å². The van der Waals surface area contributed by atoms with E-state index < -0.39 is 17.3 Å². The summed E-state index contributed by atoms with van der Waals surface area (Å²) in [6.07, 6.45) is 1.13. The molecule has 134 valence electrons. The number of benzene rings is 1. The number of nitrogens with two attached hydrogens (primary N) is 1. The van der Waals surface area contributed by atoms with Crippen molar-refractivity contribution < 1.29 is 23.4 Å². The van der Waals surface area contributed by atoms with Crippen molar-refractivity contribution in [1.82, 2.24) is 5.32 Å². The number of carbonyl (C=O) groups is 1. The fraction of sp³-hybridized carbons (Fsp3) is 0.588. The lowest BCUT2D eigenvalue weighted by molar-refractivity contribution is -0.136. The number of methoxy groups -OCH3 is 2. The molecule has 1 aliphatic rings. The molecule has 1 aromatic rings. The third-order valence-corrected chi connectivity index (χ3v) is 4.64. The zero-order valence-corrected chi connectivity index (χ0v) is 14.4. The van der Waals surface area contributed by atoms with Gasteiger partial charge in [-0.25, -0.2) is 4.39 Å². The molecule has 0 bridgehead atoms. The maximum Gasteiger partial charge on any atom is 0.228 e. The molecular weight excluding hydrogens is 315 g/mol. The van der Waals surface area contributed by atoms with E-state index in [1.54, 1.807) is 6.92 Å². The van der Waals surface area contributed by atoms with Gasteiger partial charge in [0.15, 0.2) is 11.5 Å². The molecule has 0 aliphatic carbocycles. The summed E-state index contributed by atoms with van der Waals surface area (Å²) in [6, 6.07) is 2.27. The Morgan fingerprint density at radius 3 is 2.46 bits per heavy atom. The van der Waals surface area contributed by atoms with Gasteiger partial charge in [-0.05, 0) is 25.8 Å². The first-order chi connectivity index (χ1) is 11.5. The molecule has 0 radical (unpaired) electrons. The quantitative estimate of drug-likeness (QED) is 0.825. The Balaban J connectivity index is 2.19. The minimum absolute atomic E-state index is 0.171. The van der Waals surface area contributed by atoms with Gasteiger partial charge >= 0.3 is 0 Å². The molecule has 1 aliphatic heterocycles. The van der Waals surface area contributed by atoms with E-state index in [2.05, 4.69) is 5.32 Å². The monoisotopic (exact) mass is 340 g/mol. The predicted octanol–water partition coefficient (Wildman–Crippen LogP) is 1.78. The van der Waals surface area contributed by atoms with Crippen LogP contribution in [-0.4, -0.2) is 39.9 Å². The zero-order chi connectivity index (χ0) is 17.7. The topological polar surface area (TPSA) is 82.8 Å². The van der Waals surface area contributed by atoms with Gasteiger partial charge in [0.25, 0.3) is 0 Å². The minimum Gasteiger partial charge on any atom is -0.493 e. The maximum absolute atomic E-state index is 14.3. The van der Waals surface area contributed by atoms with Crippen molar-refractivity contribution in [2.45, 2.75) is 25.8 Å². The highest BCUT2D eigenvalue weighted by Crippen LogP contribution is 2.34. The second kappa shape index (κ2) is 7.81. The molecule has 6 nitrogen and oxygen atoms in total. The first-order valence-electron chi connectivity index (χ1n) is 7.97. The Hall–Kier alpha value is -1.86. The molecule has 0 saturated carbocycles. The standard InChI is InChI=1S/C17H25FN2O4/c1-11(12-8-14(22-2)15(23-3)9-13(12)18)20-16(21)17(10-19)4-6-24-7-5-17/h8-9,11H,4-7,10,19H2,1-3H3,(H,20,21). The molecule has 2 rings (SSSR count). The zero-order valence-electron chi connectivity index (χ0n) is 14.4. The summed E-state index contributed by atoms with van der Waals surface area (Å²) in [6.45, 7) is 2.97. The molecule has 1 saturated heterocycles. The van der Waals surface area contributed by atoms with Crippen molar-refractivity contribution in [2.75, 3.05) is 34.0 Å². The van der Waals surface area contributed by atoms with Crippen LogP contribution in [0.5, 0.6) is 11.5 Å². The SMILES string of the molecule is COc1cc(F)c(C(C)NC(=O)C2(CN)CCOCC2)cc1OC. The fourth-order valence-electron chi connectivity index (χ4n) is 2.92. The third-order valence-electron chi connectivity index (χ3n) is 4.64. The Morgan fingerprint density at radius 1 is 1.33 bits per heavy atom. The number of carbonyl (C=O) groups excluding carboxylic acids is 1. The summed E-state index contributed by atoms with van der Waals surface area (Å²) in [5.74, 6) is 0.0824. The average Bonchev–Trinajstić information content (AvgIpc) is 2.61. The second-order valence-electron chi connectivity index (χ2n) is 6.02. The molecule has 1 aromatic carbocycles. The molecule has 1 heterocycles. The van der Waals surface area contributed by atoms with E-state index in [1.165, 1.54) is 26.4 Å².